The molecule has 0 unspecified atom stereocenters. The van der Waals surface area contributed by atoms with E-state index in [-0.39, 0.29) is 0 Å². The topological polar surface area (TPSA) is 35.6 Å². The average molecular weight is 779 g/mol. The Kier molecular flexibility index (Phi) is 7.04. The number of para-hydroxylation sites is 2. The molecule has 0 spiro atoms. The normalized spacial score (nSPS) is 13.2. The third-order valence-corrected chi connectivity index (χ3v) is 13.2. The van der Waals surface area contributed by atoms with Crippen molar-refractivity contribution in [3.8, 4) is 45.1 Å². The first-order chi connectivity index (χ1) is 30.0. The lowest BCUT2D eigenvalue weighted by Crippen LogP contribution is -2.19. The second-order valence-electron chi connectivity index (χ2n) is 17.0. The molecule has 0 radical (unpaired) electrons. The van der Waals surface area contributed by atoms with E-state index in [1.807, 2.05) is 0 Å². The summed E-state index contributed by atoms with van der Waals surface area (Å²) in [5.41, 5.74) is 13.8. The molecule has 9 aromatic carbocycles. The highest BCUT2D eigenvalue weighted by atomic mass is 15.1. The van der Waals surface area contributed by atoms with Crippen LogP contribution in [-0.4, -0.2) is 19.1 Å². The molecule has 0 amide bonds. The van der Waals surface area contributed by atoms with Crippen LogP contribution in [0, 0.1) is 0 Å². The number of benzene rings is 9. The lowest BCUT2D eigenvalue weighted by atomic mass is 9.84. The van der Waals surface area contributed by atoms with Gasteiger partial charge in [-0.1, -0.05) is 159 Å². The van der Waals surface area contributed by atoms with Gasteiger partial charge in [0.1, 0.15) is 5.69 Å². The molecular weight excluding hydrogens is 741 g/mol. The smallest absolute Gasteiger partial charge is 0.164 e. The van der Waals surface area contributed by atoms with Crippen molar-refractivity contribution in [1.29, 1.82) is 0 Å². The summed E-state index contributed by atoms with van der Waals surface area (Å²) in [6.45, 7) is 4.61. The number of aromatic nitrogens is 4. The van der Waals surface area contributed by atoms with Crippen LogP contribution in [0.25, 0.3) is 110 Å². The fourth-order valence-corrected chi connectivity index (χ4v) is 10.3. The molecule has 0 N–H and O–H groups in total. The highest BCUT2D eigenvalue weighted by molar-refractivity contribution is 6.23. The van der Waals surface area contributed by atoms with E-state index in [1.165, 1.54) is 65.3 Å². The Labute approximate surface area is 352 Å². The van der Waals surface area contributed by atoms with Gasteiger partial charge < -0.3 is 4.57 Å². The SMILES string of the molecule is CC1(C)c2cc(-c3ccccc3)ccc2-c2nc(-c3ccc4c5ccccc5n(-c5ccccc5)c4c3)c(-n3c4cc5ccccc5cc4c4c5ccccc5ccc43)nc21. The number of hydrogen-bond acceptors (Lipinski definition) is 2. The average Bonchev–Trinajstić information content (AvgIpc) is 3.90. The molecule has 0 atom stereocenters. The van der Waals surface area contributed by atoms with E-state index in [0.29, 0.717) is 0 Å². The van der Waals surface area contributed by atoms with Gasteiger partial charge in [-0.2, -0.15) is 0 Å². The van der Waals surface area contributed by atoms with Gasteiger partial charge in [0.15, 0.2) is 5.82 Å². The van der Waals surface area contributed by atoms with Crippen LogP contribution in [0.3, 0.4) is 0 Å². The summed E-state index contributed by atoms with van der Waals surface area (Å²) in [4.78, 5) is 11.7. The zero-order chi connectivity index (χ0) is 40.4. The molecular formula is C57H38N4. The summed E-state index contributed by atoms with van der Waals surface area (Å²) in [5, 5.41) is 9.70. The highest BCUT2D eigenvalue weighted by Gasteiger charge is 2.40. The van der Waals surface area contributed by atoms with E-state index in [0.717, 1.165) is 56.3 Å². The number of rotatable bonds is 4. The summed E-state index contributed by atoms with van der Waals surface area (Å²) >= 11 is 0. The monoisotopic (exact) mass is 778 g/mol. The number of hydrogen-bond donors (Lipinski definition) is 0. The van der Waals surface area contributed by atoms with Gasteiger partial charge in [0.2, 0.25) is 0 Å². The Morgan fingerprint density at radius 2 is 1.05 bits per heavy atom. The second kappa shape index (κ2) is 12.6. The number of nitrogens with zero attached hydrogens (tertiary/aromatic N) is 4. The van der Waals surface area contributed by atoms with Gasteiger partial charge in [0.25, 0.3) is 0 Å². The molecule has 61 heavy (non-hydrogen) atoms. The van der Waals surface area contributed by atoms with Gasteiger partial charge in [-0.3, -0.25) is 4.57 Å². The molecule has 12 aromatic rings. The molecule has 0 bridgehead atoms. The summed E-state index contributed by atoms with van der Waals surface area (Å²) in [6, 6.07) is 70.5. The molecule has 0 aliphatic heterocycles. The molecule has 1 aliphatic carbocycles. The van der Waals surface area contributed by atoms with Gasteiger partial charge in [0, 0.05) is 43.8 Å². The minimum atomic E-state index is -0.405. The number of fused-ring (bicyclic) bond motifs is 12. The maximum atomic E-state index is 5.90. The first kappa shape index (κ1) is 34.1. The third-order valence-electron chi connectivity index (χ3n) is 13.2. The Morgan fingerprint density at radius 1 is 0.393 bits per heavy atom. The van der Waals surface area contributed by atoms with E-state index >= 15 is 0 Å². The van der Waals surface area contributed by atoms with Crippen molar-refractivity contribution >= 4 is 65.2 Å². The standard InChI is InChI=1S/C57H38N4/c1-57(2)47-32-39(35-15-5-3-6-16-35)25-29-45(47)54-55(57)59-56(53(58-54)40-26-28-44-43-23-13-14-24-48(43)60(50(44)34-40)41-20-7-4-8-21-41)61-49-30-27-36-17-11-12-22-42(36)52(49)46-31-37-18-9-10-19-38(37)33-51(46)61/h3-34H,1-2H3. The van der Waals surface area contributed by atoms with E-state index in [9.17, 15) is 0 Å². The minimum Gasteiger partial charge on any atom is -0.309 e. The second-order valence-corrected chi connectivity index (χ2v) is 17.0. The van der Waals surface area contributed by atoms with Gasteiger partial charge in [-0.15, -0.1) is 0 Å². The molecule has 0 saturated carbocycles. The lowest BCUT2D eigenvalue weighted by Gasteiger charge is -2.22. The van der Waals surface area contributed by atoms with Crippen molar-refractivity contribution in [2.45, 2.75) is 19.3 Å². The fraction of sp³-hybridized carbons (Fsp3) is 0.0526. The molecule has 4 nitrogen and oxygen atoms in total. The Balaban J connectivity index is 1.16. The van der Waals surface area contributed by atoms with E-state index in [2.05, 4.69) is 217 Å². The van der Waals surface area contributed by atoms with Gasteiger partial charge in [-0.05, 0) is 86.8 Å². The first-order valence-corrected chi connectivity index (χ1v) is 21.1. The fourth-order valence-electron chi connectivity index (χ4n) is 10.3. The molecule has 0 fully saturated rings. The van der Waals surface area contributed by atoms with Crippen LogP contribution in [0.5, 0.6) is 0 Å². The van der Waals surface area contributed by atoms with Crippen molar-refractivity contribution in [2.75, 3.05) is 0 Å². The predicted octanol–water partition coefficient (Wildman–Crippen LogP) is 14.6. The van der Waals surface area contributed by atoms with Crippen molar-refractivity contribution in [2.24, 2.45) is 0 Å². The van der Waals surface area contributed by atoms with E-state index in [1.54, 1.807) is 0 Å². The summed E-state index contributed by atoms with van der Waals surface area (Å²) in [7, 11) is 0. The van der Waals surface area contributed by atoms with Crippen LogP contribution in [-0.2, 0) is 5.41 Å². The molecule has 3 aromatic heterocycles. The van der Waals surface area contributed by atoms with Gasteiger partial charge in [-0.25, -0.2) is 9.97 Å². The molecule has 286 valence electrons. The lowest BCUT2D eigenvalue weighted by molar-refractivity contribution is 0.633. The highest BCUT2D eigenvalue weighted by Crippen LogP contribution is 2.50. The third kappa shape index (κ3) is 4.87. The van der Waals surface area contributed by atoms with Crippen molar-refractivity contribution in [3.63, 3.8) is 0 Å². The first-order valence-electron chi connectivity index (χ1n) is 21.1. The summed E-state index contributed by atoms with van der Waals surface area (Å²) in [6.07, 6.45) is 0. The largest absolute Gasteiger partial charge is 0.309 e. The molecule has 1 aliphatic rings. The van der Waals surface area contributed by atoms with E-state index < -0.39 is 5.41 Å². The summed E-state index contributed by atoms with van der Waals surface area (Å²) in [5.74, 6) is 0.829. The minimum absolute atomic E-state index is 0.405. The van der Waals surface area contributed by atoms with Crippen LogP contribution < -0.4 is 0 Å². The Morgan fingerprint density at radius 3 is 1.87 bits per heavy atom. The molecule has 13 rings (SSSR count). The van der Waals surface area contributed by atoms with Crippen LogP contribution in [0.2, 0.25) is 0 Å². The zero-order valence-corrected chi connectivity index (χ0v) is 33.8. The molecule has 3 heterocycles. The maximum Gasteiger partial charge on any atom is 0.164 e. The van der Waals surface area contributed by atoms with Gasteiger partial charge >= 0.3 is 0 Å². The van der Waals surface area contributed by atoms with Crippen LogP contribution >= 0.6 is 0 Å². The van der Waals surface area contributed by atoms with Crippen molar-refractivity contribution < 1.29 is 0 Å². The van der Waals surface area contributed by atoms with Crippen molar-refractivity contribution in [1.82, 2.24) is 19.1 Å². The van der Waals surface area contributed by atoms with Crippen molar-refractivity contribution in [3.05, 3.63) is 205 Å². The molecule has 0 saturated heterocycles. The van der Waals surface area contributed by atoms with Crippen LogP contribution in [0.15, 0.2) is 194 Å². The Hall–Kier alpha value is -7.82. The van der Waals surface area contributed by atoms with Crippen LogP contribution in [0.1, 0.15) is 25.1 Å². The Bertz CT molecular complexity index is 3780. The summed E-state index contributed by atoms with van der Waals surface area (Å²) < 4.78 is 4.79. The predicted molar refractivity (Wildman–Crippen MR) is 254 cm³/mol. The maximum absolute atomic E-state index is 5.90. The quantitative estimate of drug-likeness (QED) is 0.178. The zero-order valence-electron chi connectivity index (χ0n) is 33.8. The van der Waals surface area contributed by atoms with E-state index in [4.69, 9.17) is 9.97 Å². The molecule has 4 heteroatoms. The van der Waals surface area contributed by atoms with Crippen LogP contribution in [0.4, 0.5) is 0 Å². The van der Waals surface area contributed by atoms with Gasteiger partial charge in [0.05, 0.1) is 33.5 Å².